The monoisotopic (exact) mass is 309 g/mol. The van der Waals surface area contributed by atoms with E-state index in [0.717, 1.165) is 10.2 Å². The zero-order chi connectivity index (χ0) is 13.1. The maximum Gasteiger partial charge on any atom is 0.128 e. The first kappa shape index (κ1) is 13.1. The quantitative estimate of drug-likeness (QED) is 0.677. The van der Waals surface area contributed by atoms with Crippen LogP contribution in [0.2, 0.25) is 0 Å². The number of aryl methyl sites for hydroxylation is 1. The van der Waals surface area contributed by atoms with E-state index in [0.29, 0.717) is 11.3 Å². The zero-order valence-corrected chi connectivity index (χ0v) is 11.4. The molecule has 1 aromatic heterocycles. The average molecular weight is 310 g/mol. The number of nitrogens with zero attached hydrogens (tertiary/aromatic N) is 1. The van der Waals surface area contributed by atoms with E-state index in [2.05, 4.69) is 26.3 Å². The van der Waals surface area contributed by atoms with E-state index in [1.54, 1.807) is 12.1 Å². The summed E-state index contributed by atoms with van der Waals surface area (Å²) in [5, 5.41) is 0. The van der Waals surface area contributed by atoms with Crippen LogP contribution in [0.1, 0.15) is 23.0 Å². The summed E-state index contributed by atoms with van der Waals surface area (Å²) in [4.78, 5) is 4.37. The number of hydrogen-bond acceptors (Lipinski definition) is 3. The van der Waals surface area contributed by atoms with Gasteiger partial charge in [0.2, 0.25) is 0 Å². The van der Waals surface area contributed by atoms with Crippen LogP contribution in [-0.4, -0.2) is 4.98 Å². The van der Waals surface area contributed by atoms with Crippen LogP contribution in [0.3, 0.4) is 0 Å². The molecule has 0 spiro atoms. The van der Waals surface area contributed by atoms with Crippen LogP contribution in [0.25, 0.3) is 0 Å². The van der Waals surface area contributed by atoms with Crippen molar-refractivity contribution >= 4 is 15.9 Å². The van der Waals surface area contributed by atoms with Crippen LogP contribution in [0.5, 0.6) is 0 Å². The van der Waals surface area contributed by atoms with Gasteiger partial charge in [0, 0.05) is 15.7 Å². The van der Waals surface area contributed by atoms with Crippen molar-refractivity contribution in [1.29, 1.82) is 0 Å². The highest BCUT2D eigenvalue weighted by Crippen LogP contribution is 2.25. The number of nitrogens with two attached hydrogens (primary N) is 1. The number of benzene rings is 1. The second-order valence-corrected chi connectivity index (χ2v) is 4.89. The first-order valence-electron chi connectivity index (χ1n) is 5.46. The fraction of sp³-hybridized carbons (Fsp3) is 0.154. The Balaban J connectivity index is 2.48. The number of hydrogen-bond donors (Lipinski definition) is 2. The summed E-state index contributed by atoms with van der Waals surface area (Å²) in [5.74, 6) is 5.22. The van der Waals surface area contributed by atoms with Crippen molar-refractivity contribution < 1.29 is 4.39 Å². The minimum Gasteiger partial charge on any atom is -0.271 e. The molecule has 1 aromatic carbocycles. The number of pyridine rings is 1. The number of hydrazine groups is 1. The summed E-state index contributed by atoms with van der Waals surface area (Å²) in [7, 11) is 0. The lowest BCUT2D eigenvalue weighted by atomic mass is 10.0. The molecule has 0 aliphatic rings. The summed E-state index contributed by atoms with van der Waals surface area (Å²) < 4.78 is 14.6. The third kappa shape index (κ3) is 2.75. The van der Waals surface area contributed by atoms with Gasteiger partial charge in [0.05, 0.1) is 11.7 Å². The predicted molar refractivity (Wildman–Crippen MR) is 72.2 cm³/mol. The number of nitrogens with one attached hydrogen (secondary N) is 1. The standard InChI is InChI=1S/C13H13BrFN3/c1-8-3-2-4-12(17-8)13(18-16)10-7-9(14)5-6-11(10)15/h2-7,13,18H,16H2,1H3. The minimum absolute atomic E-state index is 0.315. The molecular formula is C13H13BrFN3. The molecule has 0 saturated heterocycles. The molecule has 1 unspecified atom stereocenters. The molecule has 3 N–H and O–H groups in total. The Kier molecular flexibility index (Phi) is 4.06. The lowest BCUT2D eigenvalue weighted by Gasteiger charge is -2.17. The molecule has 2 aromatic rings. The van der Waals surface area contributed by atoms with Crippen LogP contribution >= 0.6 is 15.9 Å². The molecule has 0 fully saturated rings. The van der Waals surface area contributed by atoms with Crippen LogP contribution in [0, 0.1) is 12.7 Å². The SMILES string of the molecule is Cc1cccc(C(NN)c2cc(Br)ccc2F)n1. The molecule has 3 nitrogen and oxygen atoms in total. The largest absolute Gasteiger partial charge is 0.271 e. The number of rotatable bonds is 3. The van der Waals surface area contributed by atoms with E-state index >= 15 is 0 Å². The van der Waals surface area contributed by atoms with Crippen LogP contribution in [-0.2, 0) is 0 Å². The minimum atomic E-state index is -0.470. The predicted octanol–water partition coefficient (Wildman–Crippen LogP) is 2.84. The molecule has 0 saturated carbocycles. The van der Waals surface area contributed by atoms with Gasteiger partial charge in [-0.15, -0.1) is 0 Å². The molecule has 0 amide bonds. The van der Waals surface area contributed by atoms with Crippen LogP contribution in [0.15, 0.2) is 40.9 Å². The second-order valence-electron chi connectivity index (χ2n) is 3.97. The normalized spacial score (nSPS) is 12.4. The Hall–Kier alpha value is -1.30. The Morgan fingerprint density at radius 3 is 2.78 bits per heavy atom. The zero-order valence-electron chi connectivity index (χ0n) is 9.82. The summed E-state index contributed by atoms with van der Waals surface area (Å²) in [5.41, 5.74) is 4.62. The van der Waals surface area contributed by atoms with E-state index < -0.39 is 6.04 Å². The van der Waals surface area contributed by atoms with Gasteiger partial charge in [-0.2, -0.15) is 0 Å². The second kappa shape index (κ2) is 5.56. The van der Waals surface area contributed by atoms with E-state index in [1.165, 1.54) is 6.07 Å². The molecule has 2 rings (SSSR count). The Morgan fingerprint density at radius 1 is 1.33 bits per heavy atom. The number of halogens is 2. The van der Waals surface area contributed by atoms with Gasteiger partial charge in [-0.25, -0.2) is 9.82 Å². The molecule has 0 aliphatic heterocycles. The van der Waals surface area contributed by atoms with Gasteiger partial charge in [-0.1, -0.05) is 22.0 Å². The molecule has 0 bridgehead atoms. The summed E-state index contributed by atoms with van der Waals surface area (Å²) >= 11 is 3.33. The summed E-state index contributed by atoms with van der Waals surface area (Å²) in [6.07, 6.45) is 0. The molecular weight excluding hydrogens is 297 g/mol. The Bertz CT molecular complexity index is 560. The first-order chi connectivity index (χ1) is 8.61. The molecule has 0 radical (unpaired) electrons. The lowest BCUT2D eigenvalue weighted by molar-refractivity contribution is 0.552. The van der Waals surface area contributed by atoms with Crippen molar-refractivity contribution in [2.24, 2.45) is 5.84 Å². The number of aromatic nitrogens is 1. The van der Waals surface area contributed by atoms with Gasteiger partial charge >= 0.3 is 0 Å². The lowest BCUT2D eigenvalue weighted by Crippen LogP contribution is -2.30. The third-order valence-corrected chi connectivity index (χ3v) is 3.13. The fourth-order valence-corrected chi connectivity index (χ4v) is 2.17. The molecule has 94 valence electrons. The fourth-order valence-electron chi connectivity index (χ4n) is 1.80. The van der Waals surface area contributed by atoms with E-state index in [1.807, 2.05) is 25.1 Å². The average Bonchev–Trinajstić information content (AvgIpc) is 2.35. The van der Waals surface area contributed by atoms with Crippen molar-refractivity contribution in [1.82, 2.24) is 10.4 Å². The first-order valence-corrected chi connectivity index (χ1v) is 6.25. The van der Waals surface area contributed by atoms with Crippen LogP contribution in [0.4, 0.5) is 4.39 Å². The summed E-state index contributed by atoms with van der Waals surface area (Å²) in [6, 6.07) is 9.85. The molecule has 5 heteroatoms. The maximum atomic E-state index is 13.8. The molecule has 18 heavy (non-hydrogen) atoms. The third-order valence-electron chi connectivity index (χ3n) is 2.64. The van der Waals surface area contributed by atoms with Gasteiger partial charge < -0.3 is 0 Å². The maximum absolute atomic E-state index is 13.8. The topological polar surface area (TPSA) is 50.9 Å². The van der Waals surface area contributed by atoms with Crippen LogP contribution < -0.4 is 11.3 Å². The van der Waals surface area contributed by atoms with Gasteiger partial charge in [0.1, 0.15) is 5.82 Å². The smallest absolute Gasteiger partial charge is 0.128 e. The van der Waals surface area contributed by atoms with Crippen molar-refractivity contribution in [3.8, 4) is 0 Å². The van der Waals surface area contributed by atoms with Crippen molar-refractivity contribution in [2.45, 2.75) is 13.0 Å². The van der Waals surface area contributed by atoms with Gasteiger partial charge in [-0.3, -0.25) is 10.8 Å². The van der Waals surface area contributed by atoms with Crippen molar-refractivity contribution in [3.05, 3.63) is 63.6 Å². The van der Waals surface area contributed by atoms with Gasteiger partial charge in [0.25, 0.3) is 0 Å². The van der Waals surface area contributed by atoms with Crippen molar-refractivity contribution in [2.75, 3.05) is 0 Å². The van der Waals surface area contributed by atoms with Gasteiger partial charge in [-0.05, 0) is 37.3 Å². The Morgan fingerprint density at radius 2 is 2.11 bits per heavy atom. The van der Waals surface area contributed by atoms with Crippen molar-refractivity contribution in [3.63, 3.8) is 0 Å². The summed E-state index contributed by atoms with van der Waals surface area (Å²) in [6.45, 7) is 1.88. The van der Waals surface area contributed by atoms with E-state index in [9.17, 15) is 4.39 Å². The molecule has 1 atom stereocenters. The molecule has 1 heterocycles. The molecule has 0 aliphatic carbocycles. The van der Waals surface area contributed by atoms with Gasteiger partial charge in [0.15, 0.2) is 0 Å². The highest BCUT2D eigenvalue weighted by molar-refractivity contribution is 9.10. The highest BCUT2D eigenvalue weighted by Gasteiger charge is 2.18. The highest BCUT2D eigenvalue weighted by atomic mass is 79.9. The van der Waals surface area contributed by atoms with E-state index in [-0.39, 0.29) is 5.82 Å². The van der Waals surface area contributed by atoms with E-state index in [4.69, 9.17) is 5.84 Å². The Labute approximate surface area is 113 Å².